The minimum atomic E-state index is -3.72. The fourth-order valence-electron chi connectivity index (χ4n) is 2.24. The lowest BCUT2D eigenvalue weighted by Gasteiger charge is -2.33. The van der Waals surface area contributed by atoms with E-state index in [1.165, 1.54) is 16.4 Å². The second kappa shape index (κ2) is 7.12. The molecule has 118 valence electrons. The van der Waals surface area contributed by atoms with Gasteiger partial charge in [-0.25, -0.2) is 8.42 Å². The van der Waals surface area contributed by atoms with Crippen LogP contribution in [0.25, 0.3) is 0 Å². The molecule has 0 aliphatic carbocycles. The zero-order chi connectivity index (χ0) is 15.6. The zero-order valence-corrected chi connectivity index (χ0v) is 15.0. The highest BCUT2D eigenvalue weighted by molar-refractivity contribution is 9.10. The van der Waals surface area contributed by atoms with Crippen LogP contribution >= 0.6 is 39.1 Å². The largest absolute Gasteiger partial charge is 0.395 e. The minimum absolute atomic E-state index is 0.0513. The van der Waals surface area contributed by atoms with E-state index in [2.05, 4.69) is 15.9 Å². The van der Waals surface area contributed by atoms with Crippen molar-refractivity contribution in [2.24, 2.45) is 0 Å². The van der Waals surface area contributed by atoms with Crippen molar-refractivity contribution >= 4 is 49.2 Å². The van der Waals surface area contributed by atoms with E-state index in [0.29, 0.717) is 37.2 Å². The van der Waals surface area contributed by atoms with E-state index < -0.39 is 10.0 Å². The van der Waals surface area contributed by atoms with Gasteiger partial charge < -0.3 is 5.11 Å². The first-order valence-corrected chi connectivity index (χ1v) is 9.33. The Morgan fingerprint density at radius 2 is 1.67 bits per heavy atom. The van der Waals surface area contributed by atoms with Crippen molar-refractivity contribution < 1.29 is 13.5 Å². The number of aliphatic hydroxyl groups excluding tert-OH is 1. The summed E-state index contributed by atoms with van der Waals surface area (Å²) in [5.74, 6) is 0. The van der Waals surface area contributed by atoms with Crippen LogP contribution in [-0.4, -0.2) is 62.1 Å². The normalized spacial score (nSPS) is 18.1. The number of hydrogen-bond acceptors (Lipinski definition) is 4. The van der Waals surface area contributed by atoms with E-state index in [9.17, 15) is 8.42 Å². The Morgan fingerprint density at radius 3 is 2.14 bits per heavy atom. The third-order valence-electron chi connectivity index (χ3n) is 3.31. The number of β-amino-alcohol motifs (C(OH)–C–C–N with tert-alkyl or cyclic N) is 1. The Kier molecular flexibility index (Phi) is 5.92. The van der Waals surface area contributed by atoms with Crippen LogP contribution in [0.3, 0.4) is 0 Å². The average Bonchev–Trinajstić information content (AvgIpc) is 2.38. The maximum atomic E-state index is 12.7. The topological polar surface area (TPSA) is 60.9 Å². The van der Waals surface area contributed by atoms with Crippen LogP contribution in [0.1, 0.15) is 0 Å². The molecule has 0 radical (unpaired) electrons. The molecule has 1 aromatic rings. The third kappa shape index (κ3) is 3.90. The molecule has 1 aliphatic heterocycles. The van der Waals surface area contributed by atoms with Gasteiger partial charge in [-0.2, -0.15) is 4.31 Å². The molecule has 5 nitrogen and oxygen atoms in total. The first kappa shape index (κ1) is 17.5. The third-order valence-corrected chi connectivity index (χ3v) is 6.59. The average molecular weight is 418 g/mol. The summed E-state index contributed by atoms with van der Waals surface area (Å²) in [6.07, 6.45) is 0. The summed E-state index contributed by atoms with van der Waals surface area (Å²) in [5.41, 5.74) is 0. The molecular formula is C12H15BrCl2N2O3S. The fraction of sp³-hybridized carbons (Fsp3) is 0.500. The highest BCUT2D eigenvalue weighted by Gasteiger charge is 2.31. The summed E-state index contributed by atoms with van der Waals surface area (Å²) in [5, 5.41) is 9.12. The molecule has 9 heteroatoms. The number of sulfonamides is 1. The number of benzene rings is 1. The van der Waals surface area contributed by atoms with Crippen molar-refractivity contribution in [2.75, 3.05) is 39.3 Å². The molecule has 1 aliphatic rings. The monoisotopic (exact) mass is 416 g/mol. The quantitative estimate of drug-likeness (QED) is 0.814. The van der Waals surface area contributed by atoms with Gasteiger partial charge in [-0.3, -0.25) is 4.90 Å². The first-order chi connectivity index (χ1) is 9.86. The van der Waals surface area contributed by atoms with Gasteiger partial charge in [-0.1, -0.05) is 39.1 Å². The van der Waals surface area contributed by atoms with Gasteiger partial charge in [-0.05, 0) is 12.1 Å². The van der Waals surface area contributed by atoms with Crippen LogP contribution in [0.5, 0.6) is 0 Å². The number of halogens is 3. The molecule has 0 atom stereocenters. The Balaban J connectivity index is 2.24. The van der Waals surface area contributed by atoms with Gasteiger partial charge in [0.25, 0.3) is 0 Å². The lowest BCUT2D eigenvalue weighted by atomic mass is 10.3. The van der Waals surface area contributed by atoms with Crippen LogP contribution in [0, 0.1) is 0 Å². The van der Waals surface area contributed by atoms with Crippen LogP contribution in [-0.2, 0) is 10.0 Å². The van der Waals surface area contributed by atoms with E-state index in [4.69, 9.17) is 28.3 Å². The highest BCUT2D eigenvalue weighted by atomic mass is 79.9. The Labute approximate surface area is 142 Å². The van der Waals surface area contributed by atoms with Gasteiger partial charge in [0, 0.05) is 37.2 Å². The van der Waals surface area contributed by atoms with Crippen molar-refractivity contribution in [2.45, 2.75) is 4.90 Å². The summed E-state index contributed by atoms with van der Waals surface area (Å²) >= 11 is 15.3. The van der Waals surface area contributed by atoms with Gasteiger partial charge in [0.2, 0.25) is 10.0 Å². The van der Waals surface area contributed by atoms with Crippen LogP contribution in [0.4, 0.5) is 0 Å². The lowest BCUT2D eigenvalue weighted by Crippen LogP contribution is -2.49. The maximum Gasteiger partial charge on any atom is 0.246 e. The second-order valence-corrected chi connectivity index (χ2v) is 8.27. The molecule has 1 fully saturated rings. The molecule has 1 aromatic carbocycles. The SMILES string of the molecule is O=S(=O)(c1c(Cl)cc(Br)cc1Cl)N1CCN(CCO)CC1. The number of rotatable bonds is 4. The predicted molar refractivity (Wildman–Crippen MR) is 86.4 cm³/mol. The highest BCUT2D eigenvalue weighted by Crippen LogP contribution is 2.34. The van der Waals surface area contributed by atoms with E-state index in [1.807, 2.05) is 4.90 Å². The van der Waals surface area contributed by atoms with Gasteiger partial charge in [0.1, 0.15) is 4.90 Å². The van der Waals surface area contributed by atoms with E-state index in [1.54, 1.807) is 0 Å². The molecule has 0 amide bonds. The molecule has 1 heterocycles. The molecule has 0 saturated carbocycles. The molecule has 1 saturated heterocycles. The Morgan fingerprint density at radius 1 is 1.14 bits per heavy atom. The summed E-state index contributed by atoms with van der Waals surface area (Å²) < 4.78 is 27.4. The molecule has 21 heavy (non-hydrogen) atoms. The summed E-state index contributed by atoms with van der Waals surface area (Å²) in [6, 6.07) is 3.03. The Bertz CT molecular complexity index is 596. The maximum absolute atomic E-state index is 12.7. The summed E-state index contributed by atoms with van der Waals surface area (Å²) in [6.45, 7) is 2.47. The molecule has 1 N–H and O–H groups in total. The predicted octanol–water partition coefficient (Wildman–Crippen LogP) is 2.05. The molecule has 0 bridgehead atoms. The standard InChI is InChI=1S/C12H15BrCl2N2O3S/c13-9-7-10(14)12(11(15)8-9)21(19,20)17-3-1-16(2-4-17)5-6-18/h7-8,18H,1-6H2. The lowest BCUT2D eigenvalue weighted by molar-refractivity contribution is 0.151. The number of hydrogen-bond donors (Lipinski definition) is 1. The number of aliphatic hydroxyl groups is 1. The van der Waals surface area contributed by atoms with E-state index >= 15 is 0 Å². The molecule has 2 rings (SSSR count). The molecule has 0 spiro atoms. The second-order valence-electron chi connectivity index (χ2n) is 4.67. The van der Waals surface area contributed by atoms with Crippen LogP contribution < -0.4 is 0 Å². The smallest absolute Gasteiger partial charge is 0.246 e. The Hall–Kier alpha value is 0.110. The molecular weight excluding hydrogens is 403 g/mol. The van der Waals surface area contributed by atoms with Gasteiger partial charge in [-0.15, -0.1) is 0 Å². The van der Waals surface area contributed by atoms with Crippen molar-refractivity contribution in [1.29, 1.82) is 0 Å². The van der Waals surface area contributed by atoms with Crippen LogP contribution in [0.2, 0.25) is 10.0 Å². The number of piperazine rings is 1. The van der Waals surface area contributed by atoms with Crippen LogP contribution in [0.15, 0.2) is 21.5 Å². The minimum Gasteiger partial charge on any atom is -0.395 e. The van der Waals surface area contributed by atoms with Crippen molar-refractivity contribution in [3.05, 3.63) is 26.7 Å². The van der Waals surface area contributed by atoms with Gasteiger partial charge >= 0.3 is 0 Å². The number of nitrogens with zero attached hydrogens (tertiary/aromatic N) is 2. The zero-order valence-electron chi connectivity index (χ0n) is 11.1. The molecule has 0 aromatic heterocycles. The summed E-state index contributed by atoms with van der Waals surface area (Å²) in [7, 11) is -3.72. The summed E-state index contributed by atoms with van der Waals surface area (Å²) in [4.78, 5) is 1.96. The van der Waals surface area contributed by atoms with Gasteiger partial charge in [0.15, 0.2) is 0 Å². The van der Waals surface area contributed by atoms with Crippen molar-refractivity contribution in [3.63, 3.8) is 0 Å². The van der Waals surface area contributed by atoms with Gasteiger partial charge in [0.05, 0.1) is 16.7 Å². The van der Waals surface area contributed by atoms with E-state index in [-0.39, 0.29) is 21.5 Å². The van der Waals surface area contributed by atoms with E-state index in [0.717, 1.165) is 0 Å². The first-order valence-electron chi connectivity index (χ1n) is 6.34. The van der Waals surface area contributed by atoms with Crippen molar-refractivity contribution in [3.8, 4) is 0 Å². The molecule has 0 unspecified atom stereocenters. The fourth-order valence-corrected chi connectivity index (χ4v) is 5.55. The van der Waals surface area contributed by atoms with Crippen molar-refractivity contribution in [1.82, 2.24) is 9.21 Å².